The Morgan fingerprint density at radius 2 is 1.81 bits per heavy atom. The van der Waals surface area contributed by atoms with Crippen molar-refractivity contribution in [2.24, 2.45) is 0 Å². The van der Waals surface area contributed by atoms with Crippen LogP contribution < -0.4 is 4.74 Å². The average molecular weight is 276 g/mol. The number of fused-ring (bicyclic) bond motifs is 1. The number of nitrogens with zero attached hydrogens (tertiary/aromatic N) is 1. The van der Waals surface area contributed by atoms with Gasteiger partial charge in [0.15, 0.2) is 6.10 Å². The van der Waals surface area contributed by atoms with Crippen LogP contribution in [0.3, 0.4) is 0 Å². The first kappa shape index (κ1) is 12.2. The molecule has 1 atom stereocenters. The number of hydrogen-bond acceptors (Lipinski definition) is 2. The molecular weight excluding hydrogens is 260 g/mol. The highest BCUT2D eigenvalue weighted by Crippen LogP contribution is 2.34. The van der Waals surface area contributed by atoms with Gasteiger partial charge in [0.25, 0.3) is 0 Å². The van der Waals surface area contributed by atoms with Gasteiger partial charge in [0.05, 0.1) is 11.9 Å². The minimum Gasteiger partial charge on any atom is -0.482 e. The van der Waals surface area contributed by atoms with Gasteiger partial charge in [-0.1, -0.05) is 48.5 Å². The summed E-state index contributed by atoms with van der Waals surface area (Å²) in [6, 6.07) is 18.5. The van der Waals surface area contributed by atoms with Crippen molar-refractivity contribution in [2.75, 3.05) is 0 Å². The molecular formula is C18H16N2O. The normalized spacial score (nSPS) is 17.0. The van der Waals surface area contributed by atoms with Gasteiger partial charge >= 0.3 is 0 Å². The van der Waals surface area contributed by atoms with Crippen molar-refractivity contribution >= 4 is 0 Å². The predicted octanol–water partition coefficient (Wildman–Crippen LogP) is 4.14. The molecule has 2 heterocycles. The molecule has 4 rings (SSSR count). The van der Waals surface area contributed by atoms with Crippen LogP contribution in [0.4, 0.5) is 0 Å². The topological polar surface area (TPSA) is 37.9 Å². The number of nitrogens with one attached hydrogen (secondary N) is 1. The standard InChI is InChI=1S/C18H16N2O/c1-2-6-13(7-3-1)15-12-19-18(20-15)17-11-10-14-8-4-5-9-16(14)21-17/h1-9,12,17H,10-11H2,(H,19,20). The van der Waals surface area contributed by atoms with Crippen molar-refractivity contribution in [3.05, 3.63) is 72.2 Å². The summed E-state index contributed by atoms with van der Waals surface area (Å²) in [5.41, 5.74) is 3.46. The molecule has 104 valence electrons. The van der Waals surface area contributed by atoms with Crippen molar-refractivity contribution in [3.8, 4) is 17.0 Å². The molecule has 1 aliphatic rings. The summed E-state index contributed by atoms with van der Waals surface area (Å²) in [6.07, 6.45) is 3.88. The number of aromatic nitrogens is 2. The first-order valence-electron chi connectivity index (χ1n) is 7.25. The zero-order chi connectivity index (χ0) is 14.1. The van der Waals surface area contributed by atoms with Crippen LogP contribution in [0, 0.1) is 0 Å². The number of ether oxygens (including phenoxy) is 1. The largest absolute Gasteiger partial charge is 0.482 e. The molecule has 0 aliphatic carbocycles. The Bertz CT molecular complexity index is 749. The number of rotatable bonds is 2. The van der Waals surface area contributed by atoms with Gasteiger partial charge < -0.3 is 9.72 Å². The van der Waals surface area contributed by atoms with Crippen molar-refractivity contribution in [3.63, 3.8) is 0 Å². The molecule has 0 spiro atoms. The quantitative estimate of drug-likeness (QED) is 0.763. The number of imidazole rings is 1. The highest BCUT2D eigenvalue weighted by atomic mass is 16.5. The number of para-hydroxylation sites is 1. The van der Waals surface area contributed by atoms with Crippen molar-refractivity contribution in [1.29, 1.82) is 0 Å². The Balaban J connectivity index is 1.60. The first-order valence-corrected chi connectivity index (χ1v) is 7.25. The summed E-state index contributed by atoms with van der Waals surface area (Å²) in [5, 5.41) is 0. The van der Waals surface area contributed by atoms with Crippen LogP contribution in [0.2, 0.25) is 0 Å². The van der Waals surface area contributed by atoms with E-state index in [4.69, 9.17) is 4.74 Å². The number of H-pyrrole nitrogens is 1. The van der Waals surface area contributed by atoms with Crippen molar-refractivity contribution in [2.45, 2.75) is 18.9 Å². The Labute approximate surface area is 123 Å². The smallest absolute Gasteiger partial charge is 0.156 e. The van der Waals surface area contributed by atoms with E-state index in [0.29, 0.717) is 0 Å². The van der Waals surface area contributed by atoms with E-state index in [2.05, 4.69) is 34.2 Å². The van der Waals surface area contributed by atoms with Crippen LogP contribution in [-0.4, -0.2) is 9.97 Å². The van der Waals surface area contributed by atoms with Crippen molar-refractivity contribution in [1.82, 2.24) is 9.97 Å². The maximum Gasteiger partial charge on any atom is 0.156 e. The molecule has 0 saturated heterocycles. The van der Waals surface area contributed by atoms with Gasteiger partial charge in [-0.2, -0.15) is 0 Å². The summed E-state index contributed by atoms with van der Waals surface area (Å²) in [4.78, 5) is 7.90. The van der Waals surface area contributed by atoms with Gasteiger partial charge in [-0.3, -0.25) is 0 Å². The van der Waals surface area contributed by atoms with E-state index in [1.54, 1.807) is 0 Å². The third kappa shape index (κ3) is 2.31. The van der Waals surface area contributed by atoms with Crippen LogP contribution in [0.25, 0.3) is 11.3 Å². The zero-order valence-electron chi connectivity index (χ0n) is 11.6. The Morgan fingerprint density at radius 3 is 2.71 bits per heavy atom. The molecule has 21 heavy (non-hydrogen) atoms. The minimum absolute atomic E-state index is 0.0114. The third-order valence-electron chi connectivity index (χ3n) is 3.90. The molecule has 2 aromatic carbocycles. The van der Waals surface area contributed by atoms with E-state index in [9.17, 15) is 0 Å². The Hall–Kier alpha value is -2.55. The summed E-state index contributed by atoms with van der Waals surface area (Å²) in [7, 11) is 0. The fourth-order valence-electron chi connectivity index (χ4n) is 2.78. The maximum atomic E-state index is 6.07. The average Bonchev–Trinajstić information content (AvgIpc) is 3.05. The molecule has 1 unspecified atom stereocenters. The zero-order valence-corrected chi connectivity index (χ0v) is 11.6. The number of hydrogen-bond donors (Lipinski definition) is 1. The van der Waals surface area contributed by atoms with Gasteiger partial charge in [0.1, 0.15) is 11.6 Å². The highest BCUT2D eigenvalue weighted by Gasteiger charge is 2.23. The van der Waals surface area contributed by atoms with E-state index < -0.39 is 0 Å². The fourth-order valence-corrected chi connectivity index (χ4v) is 2.78. The molecule has 1 N–H and O–H groups in total. The molecule has 0 fully saturated rings. The van der Waals surface area contributed by atoms with E-state index in [1.807, 2.05) is 36.5 Å². The molecule has 0 saturated carbocycles. The van der Waals surface area contributed by atoms with E-state index in [1.165, 1.54) is 5.56 Å². The lowest BCUT2D eigenvalue weighted by Crippen LogP contribution is -2.16. The molecule has 0 amide bonds. The van der Waals surface area contributed by atoms with Crippen LogP contribution in [0.15, 0.2) is 60.8 Å². The molecule has 3 nitrogen and oxygen atoms in total. The lowest BCUT2D eigenvalue weighted by Gasteiger charge is -2.24. The van der Waals surface area contributed by atoms with Crippen LogP contribution in [0.1, 0.15) is 23.9 Å². The van der Waals surface area contributed by atoms with E-state index >= 15 is 0 Å². The number of aryl methyl sites for hydroxylation is 1. The third-order valence-corrected chi connectivity index (χ3v) is 3.90. The second kappa shape index (κ2) is 5.09. The first-order chi connectivity index (χ1) is 10.4. The second-order valence-electron chi connectivity index (χ2n) is 5.30. The minimum atomic E-state index is 0.0114. The van der Waals surface area contributed by atoms with Gasteiger partial charge in [0.2, 0.25) is 0 Å². The molecule has 3 heteroatoms. The van der Waals surface area contributed by atoms with Gasteiger partial charge in [-0.25, -0.2) is 4.98 Å². The Kier molecular flexibility index (Phi) is 2.96. The molecule has 1 aromatic heterocycles. The number of benzene rings is 2. The SMILES string of the molecule is c1ccc(-c2cnc(C3CCc4ccccc4O3)[nH]2)cc1. The summed E-state index contributed by atoms with van der Waals surface area (Å²) < 4.78 is 6.07. The lowest BCUT2D eigenvalue weighted by atomic mass is 10.0. The number of aromatic amines is 1. The lowest BCUT2D eigenvalue weighted by molar-refractivity contribution is 0.168. The molecule has 3 aromatic rings. The summed E-state index contributed by atoms with van der Waals surface area (Å²) >= 11 is 0. The van der Waals surface area contributed by atoms with E-state index in [0.717, 1.165) is 35.7 Å². The molecule has 1 aliphatic heterocycles. The van der Waals surface area contributed by atoms with Crippen LogP contribution in [0.5, 0.6) is 5.75 Å². The monoisotopic (exact) mass is 276 g/mol. The van der Waals surface area contributed by atoms with Gasteiger partial charge in [0, 0.05) is 0 Å². The van der Waals surface area contributed by atoms with Gasteiger partial charge in [-0.05, 0) is 30.0 Å². The second-order valence-corrected chi connectivity index (χ2v) is 5.30. The molecule has 0 radical (unpaired) electrons. The Morgan fingerprint density at radius 1 is 1.00 bits per heavy atom. The summed E-state index contributed by atoms with van der Waals surface area (Å²) in [6.45, 7) is 0. The van der Waals surface area contributed by atoms with Crippen LogP contribution >= 0.6 is 0 Å². The van der Waals surface area contributed by atoms with Crippen LogP contribution in [-0.2, 0) is 6.42 Å². The fraction of sp³-hybridized carbons (Fsp3) is 0.167. The van der Waals surface area contributed by atoms with Gasteiger partial charge in [-0.15, -0.1) is 0 Å². The highest BCUT2D eigenvalue weighted by molar-refractivity contribution is 5.58. The summed E-state index contributed by atoms with van der Waals surface area (Å²) in [5.74, 6) is 1.88. The van der Waals surface area contributed by atoms with E-state index in [-0.39, 0.29) is 6.10 Å². The molecule has 0 bridgehead atoms. The van der Waals surface area contributed by atoms with Crippen molar-refractivity contribution < 1.29 is 4.74 Å². The maximum absolute atomic E-state index is 6.07. The predicted molar refractivity (Wildman–Crippen MR) is 82.2 cm³/mol.